The van der Waals surface area contributed by atoms with Crippen LogP contribution in [0.5, 0.6) is 23.0 Å². The highest BCUT2D eigenvalue weighted by Crippen LogP contribution is 2.46. The normalized spacial score (nSPS) is 13.3. The van der Waals surface area contributed by atoms with E-state index >= 15 is 0 Å². The third kappa shape index (κ3) is 5.14. The van der Waals surface area contributed by atoms with Gasteiger partial charge >= 0.3 is 0 Å². The van der Waals surface area contributed by atoms with E-state index in [1.165, 1.54) is 14.2 Å². The monoisotopic (exact) mass is 552 g/mol. The first kappa shape index (κ1) is 27.9. The van der Waals surface area contributed by atoms with Crippen molar-refractivity contribution in [2.24, 2.45) is 0 Å². The highest BCUT2D eigenvalue weighted by Gasteiger charge is 2.35. The number of ether oxygens (including phenoxy) is 6. The van der Waals surface area contributed by atoms with Crippen molar-refractivity contribution in [1.82, 2.24) is 9.88 Å². The van der Waals surface area contributed by atoms with Gasteiger partial charge in [-0.1, -0.05) is 0 Å². The molecule has 0 saturated heterocycles. The van der Waals surface area contributed by atoms with Crippen LogP contribution < -0.4 is 29.8 Å². The lowest BCUT2D eigenvalue weighted by Crippen LogP contribution is -2.26. The summed E-state index contributed by atoms with van der Waals surface area (Å²) < 4.78 is 35.0. The van der Waals surface area contributed by atoms with Gasteiger partial charge in [0.1, 0.15) is 0 Å². The van der Waals surface area contributed by atoms with Crippen LogP contribution in [0, 0.1) is 0 Å². The zero-order valence-corrected chi connectivity index (χ0v) is 23.5. The zero-order chi connectivity index (χ0) is 28.2. The number of hydrogen-bond acceptors (Lipinski definition) is 9. The Hall–Kier alpha value is -3.60. The van der Waals surface area contributed by atoms with Crippen LogP contribution in [0.1, 0.15) is 49.0 Å². The van der Waals surface area contributed by atoms with Gasteiger partial charge in [0.15, 0.2) is 35.1 Å². The van der Waals surface area contributed by atoms with E-state index in [9.17, 15) is 9.59 Å². The van der Waals surface area contributed by atoms with Gasteiger partial charge in [0.05, 0.1) is 30.9 Å². The predicted octanol–water partition coefficient (Wildman–Crippen LogP) is 4.12. The Kier molecular flexibility index (Phi) is 8.58. The first-order chi connectivity index (χ1) is 19.5. The summed E-state index contributed by atoms with van der Waals surface area (Å²) in [5.74, 6) is 1.81. The van der Waals surface area contributed by atoms with E-state index in [0.29, 0.717) is 88.9 Å². The lowest BCUT2D eigenvalue weighted by Gasteiger charge is -2.18. The molecule has 1 aromatic heterocycles. The van der Waals surface area contributed by atoms with Crippen LogP contribution >= 0.6 is 0 Å². The number of methoxy groups -OCH3 is 2. The summed E-state index contributed by atoms with van der Waals surface area (Å²) >= 11 is 0. The molecule has 0 unspecified atom stereocenters. The summed E-state index contributed by atoms with van der Waals surface area (Å²) in [5.41, 5.74) is 2.04. The van der Waals surface area contributed by atoms with E-state index in [1.54, 1.807) is 28.8 Å². The largest absolute Gasteiger partial charge is 0.493 e. The van der Waals surface area contributed by atoms with Crippen molar-refractivity contribution in [1.29, 1.82) is 0 Å². The maximum Gasteiger partial charge on any atom is 0.259 e. The molecule has 10 heteroatoms. The highest BCUT2D eigenvalue weighted by atomic mass is 16.7. The fourth-order valence-electron chi connectivity index (χ4n) is 5.42. The predicted molar refractivity (Wildman–Crippen MR) is 150 cm³/mol. The molecule has 0 bridgehead atoms. The molecular formula is C30H36N2O8. The van der Waals surface area contributed by atoms with Crippen molar-refractivity contribution in [2.75, 3.05) is 47.3 Å². The fourth-order valence-corrected chi connectivity index (χ4v) is 5.42. The van der Waals surface area contributed by atoms with Crippen LogP contribution in [-0.4, -0.2) is 64.0 Å². The Morgan fingerprint density at radius 1 is 0.875 bits per heavy atom. The van der Waals surface area contributed by atoms with Gasteiger partial charge in [-0.05, 0) is 70.5 Å². The van der Waals surface area contributed by atoms with Crippen molar-refractivity contribution < 1.29 is 33.2 Å². The number of fused-ring (bicyclic) bond motifs is 6. The molecule has 0 radical (unpaired) electrons. The second kappa shape index (κ2) is 12.3. The number of carbonyl (C=O) groups is 1. The molecule has 0 amide bonds. The molecule has 1 aliphatic heterocycles. The van der Waals surface area contributed by atoms with Crippen LogP contribution in [0.3, 0.4) is 0 Å². The molecule has 0 fully saturated rings. The maximum absolute atomic E-state index is 13.9. The molecule has 1 aliphatic carbocycles. The fraction of sp³-hybridized carbons (Fsp3) is 0.467. The number of pyridine rings is 1. The number of aromatic nitrogens is 1. The average Bonchev–Trinajstić information content (AvgIpc) is 3.54. The minimum absolute atomic E-state index is 0.0996. The highest BCUT2D eigenvalue weighted by molar-refractivity contribution is 6.27. The van der Waals surface area contributed by atoms with Crippen LogP contribution in [0.2, 0.25) is 0 Å². The number of nitrogens with one attached hydrogen (secondary N) is 1. The Morgan fingerprint density at radius 2 is 1.50 bits per heavy atom. The molecule has 0 atom stereocenters. The lowest BCUT2D eigenvalue weighted by atomic mass is 10.0. The lowest BCUT2D eigenvalue weighted by molar-refractivity contribution is -0.139. The van der Waals surface area contributed by atoms with E-state index in [-0.39, 0.29) is 24.4 Å². The quantitative estimate of drug-likeness (QED) is 0.183. The molecule has 0 spiro atoms. The Balaban J connectivity index is 1.43. The maximum atomic E-state index is 13.9. The first-order valence-corrected chi connectivity index (χ1v) is 13.8. The molecule has 2 heterocycles. The van der Waals surface area contributed by atoms with E-state index in [2.05, 4.69) is 5.32 Å². The molecular weight excluding hydrogens is 516 g/mol. The van der Waals surface area contributed by atoms with Crippen molar-refractivity contribution in [3.63, 3.8) is 0 Å². The van der Waals surface area contributed by atoms with Crippen molar-refractivity contribution in [3.8, 4) is 34.3 Å². The smallest absolute Gasteiger partial charge is 0.259 e. The van der Waals surface area contributed by atoms with Crippen molar-refractivity contribution in [3.05, 3.63) is 45.7 Å². The van der Waals surface area contributed by atoms with Gasteiger partial charge in [0.2, 0.25) is 6.79 Å². The number of nitrogens with zero attached hydrogens (tertiary/aromatic N) is 1. The van der Waals surface area contributed by atoms with Crippen LogP contribution in [0.25, 0.3) is 22.0 Å². The number of ketones is 1. The van der Waals surface area contributed by atoms with Gasteiger partial charge in [-0.15, -0.1) is 0 Å². The van der Waals surface area contributed by atoms with Crippen LogP contribution in [0.15, 0.2) is 29.1 Å². The molecule has 0 saturated carbocycles. The minimum Gasteiger partial charge on any atom is -0.493 e. The zero-order valence-electron chi connectivity index (χ0n) is 23.5. The second-order valence-corrected chi connectivity index (χ2v) is 9.60. The van der Waals surface area contributed by atoms with Gasteiger partial charge < -0.3 is 38.3 Å². The molecule has 5 rings (SSSR count). The summed E-state index contributed by atoms with van der Waals surface area (Å²) in [4.78, 5) is 27.7. The first-order valence-electron chi connectivity index (χ1n) is 13.8. The van der Waals surface area contributed by atoms with Gasteiger partial charge in [-0.2, -0.15) is 0 Å². The van der Waals surface area contributed by atoms with Crippen molar-refractivity contribution in [2.45, 2.75) is 45.9 Å². The van der Waals surface area contributed by atoms with Gasteiger partial charge in [-0.25, -0.2) is 0 Å². The topological polar surface area (TPSA) is 106 Å². The second-order valence-electron chi connectivity index (χ2n) is 9.60. The number of benzene rings is 2. The SMILES string of the molecule is CCOC(CCCNCCCn1c2c(c3cc(OC)c(OC)cc3c1=O)C(=O)c1cc3c(cc1-2)OCO3)OCC. The third-order valence-corrected chi connectivity index (χ3v) is 7.25. The number of hydrogen-bond donors (Lipinski definition) is 1. The minimum atomic E-state index is -0.190. The summed E-state index contributed by atoms with van der Waals surface area (Å²) in [6.07, 6.45) is 2.23. The van der Waals surface area contributed by atoms with Crippen LogP contribution in [-0.2, 0) is 16.0 Å². The summed E-state index contributed by atoms with van der Waals surface area (Å²) in [7, 11) is 3.05. The number of rotatable bonds is 14. The summed E-state index contributed by atoms with van der Waals surface area (Å²) in [6, 6.07) is 6.87. The van der Waals surface area contributed by atoms with Crippen LogP contribution in [0.4, 0.5) is 0 Å². The summed E-state index contributed by atoms with van der Waals surface area (Å²) in [6.45, 7) is 7.21. The Morgan fingerprint density at radius 3 is 2.15 bits per heavy atom. The standard InChI is InChI=1S/C30H36N2O8/c1-5-37-26(38-6-2)9-7-10-31-11-8-12-32-28-19-14-24-25(40-17-39-24)15-20(19)29(33)27(28)18-13-22(35-3)23(36-4)16-21(18)30(32)34/h13-16,26,31H,5-12,17H2,1-4H3. The van der Waals surface area contributed by atoms with Crippen molar-refractivity contribution >= 4 is 16.6 Å². The molecule has 10 nitrogen and oxygen atoms in total. The number of carbonyl (C=O) groups excluding carboxylic acids is 1. The Bertz CT molecular complexity index is 1460. The van der Waals surface area contributed by atoms with E-state index in [0.717, 1.165) is 19.4 Å². The molecule has 2 aliphatic rings. The molecule has 2 aromatic carbocycles. The average molecular weight is 553 g/mol. The van der Waals surface area contributed by atoms with Gasteiger partial charge in [0.25, 0.3) is 5.56 Å². The molecule has 3 aromatic rings. The van der Waals surface area contributed by atoms with E-state index in [1.807, 2.05) is 13.8 Å². The Labute approximate surface area is 233 Å². The van der Waals surface area contributed by atoms with E-state index in [4.69, 9.17) is 28.4 Å². The molecule has 1 N–H and O–H groups in total. The van der Waals surface area contributed by atoms with Gasteiger partial charge in [0, 0.05) is 36.3 Å². The van der Waals surface area contributed by atoms with Gasteiger partial charge in [-0.3, -0.25) is 9.59 Å². The third-order valence-electron chi connectivity index (χ3n) is 7.25. The molecule has 40 heavy (non-hydrogen) atoms. The molecule has 214 valence electrons. The van der Waals surface area contributed by atoms with E-state index < -0.39 is 0 Å². The summed E-state index contributed by atoms with van der Waals surface area (Å²) in [5, 5.41) is 4.39.